The average Bonchev–Trinajstić information content (AvgIpc) is 1.63. The molecule has 0 aromatic carbocycles. The quantitative estimate of drug-likeness (QED) is 0.358. The van der Waals surface area contributed by atoms with Crippen molar-refractivity contribution in [3.63, 3.8) is 0 Å². The second-order valence-electron chi connectivity index (χ2n) is 2.89. The number of halogens is 1. The van der Waals surface area contributed by atoms with Crippen molar-refractivity contribution < 1.29 is 4.52 Å². The van der Waals surface area contributed by atoms with Crippen molar-refractivity contribution in [3.8, 4) is 0 Å². The molecule has 0 aromatic heterocycles. The summed E-state index contributed by atoms with van der Waals surface area (Å²) < 4.78 is 5.24. The fraction of sp³-hybridized carbons (Fsp3) is 1.00. The van der Waals surface area contributed by atoms with Crippen LogP contribution in [0.3, 0.4) is 0 Å². The molecule has 0 aliphatic heterocycles. The van der Waals surface area contributed by atoms with Crippen molar-refractivity contribution in [2.45, 2.75) is 25.9 Å². The summed E-state index contributed by atoms with van der Waals surface area (Å²) in [5.74, 6) is 0.600. The van der Waals surface area contributed by atoms with Crippen molar-refractivity contribution >= 4 is 20.4 Å². The molecule has 0 saturated carbocycles. The Hall–Kier alpha value is 0.680. The second-order valence-corrected chi connectivity index (χ2v) is 5.26. The molecule has 0 aromatic rings. The Bertz CT molecular complexity index is 69.9. The van der Waals surface area contributed by atoms with Crippen LogP contribution in [-0.4, -0.2) is 17.6 Å². The normalized spacial score (nSPS) is 13.3. The molecule has 0 radical (unpaired) electrons. The molecule has 9 heavy (non-hydrogen) atoms. The zero-order chi connectivity index (χ0) is 7.33. The van der Waals surface area contributed by atoms with Crippen LogP contribution in [0.1, 0.15) is 20.8 Å². The van der Waals surface area contributed by atoms with Gasteiger partial charge in [-0.3, -0.25) is 0 Å². The minimum absolute atomic E-state index is 0.298. The minimum Gasteiger partial charge on any atom is -0.361 e. The van der Waals surface area contributed by atoms with Gasteiger partial charge in [-0.25, -0.2) is 0 Å². The van der Waals surface area contributed by atoms with Gasteiger partial charge in [0.25, 0.3) is 0 Å². The third-order valence-corrected chi connectivity index (χ3v) is 1.67. The van der Waals surface area contributed by atoms with Gasteiger partial charge in [-0.05, 0) is 0 Å². The summed E-state index contributed by atoms with van der Waals surface area (Å²) in [6.45, 7) is 7.14. The molecule has 56 valence electrons. The van der Waals surface area contributed by atoms with E-state index in [0.29, 0.717) is 26.5 Å². The van der Waals surface area contributed by atoms with Crippen LogP contribution in [0.4, 0.5) is 0 Å². The molecule has 0 rings (SSSR count). The summed E-state index contributed by atoms with van der Waals surface area (Å²) in [7, 11) is 0.564. The lowest BCUT2D eigenvalue weighted by atomic mass is 10.3. The first-order chi connectivity index (χ1) is 4.06. The predicted molar refractivity (Wildman–Crippen MR) is 44.7 cm³/mol. The van der Waals surface area contributed by atoms with Crippen LogP contribution in [0.15, 0.2) is 0 Å². The first-order valence-electron chi connectivity index (χ1n) is 3.01. The molecule has 3 heteroatoms. The predicted octanol–water partition coefficient (Wildman–Crippen LogP) is 2.63. The Morgan fingerprint density at radius 2 is 2.00 bits per heavy atom. The molecular weight excluding hydrogens is 154 g/mol. The standard InChI is InChI=1S/C6H14ClOP/c1-6(2,3)9-8-5-4-7/h9H,4-5H2,1-3H3. The third-order valence-electron chi connectivity index (χ3n) is 0.558. The van der Waals surface area contributed by atoms with E-state index in [2.05, 4.69) is 20.8 Å². The maximum atomic E-state index is 5.41. The summed E-state index contributed by atoms with van der Waals surface area (Å²) in [4.78, 5) is 0. The van der Waals surface area contributed by atoms with E-state index in [9.17, 15) is 0 Å². The van der Waals surface area contributed by atoms with Gasteiger partial charge in [0.05, 0.1) is 6.61 Å². The fourth-order valence-electron chi connectivity index (χ4n) is 0.306. The Kier molecular flexibility index (Phi) is 4.83. The SMILES string of the molecule is CC(C)(C)POCCCl. The highest BCUT2D eigenvalue weighted by Gasteiger charge is 2.09. The zero-order valence-corrected chi connectivity index (χ0v) is 7.96. The van der Waals surface area contributed by atoms with E-state index < -0.39 is 0 Å². The Balaban J connectivity index is 3.07. The Morgan fingerprint density at radius 3 is 2.33 bits per heavy atom. The fourth-order valence-corrected chi connectivity index (χ4v) is 1.15. The van der Waals surface area contributed by atoms with Crippen LogP contribution in [0, 0.1) is 0 Å². The van der Waals surface area contributed by atoms with Crippen LogP contribution < -0.4 is 0 Å². The van der Waals surface area contributed by atoms with E-state index in [1.54, 1.807) is 0 Å². The highest BCUT2D eigenvalue weighted by atomic mass is 35.5. The average molecular weight is 169 g/mol. The van der Waals surface area contributed by atoms with E-state index in [1.165, 1.54) is 0 Å². The van der Waals surface area contributed by atoms with Crippen LogP contribution in [0.2, 0.25) is 0 Å². The van der Waals surface area contributed by atoms with E-state index in [0.717, 1.165) is 0 Å². The monoisotopic (exact) mass is 168 g/mol. The number of hydrogen-bond donors (Lipinski definition) is 0. The van der Waals surface area contributed by atoms with Crippen molar-refractivity contribution in [3.05, 3.63) is 0 Å². The maximum Gasteiger partial charge on any atom is 0.0641 e. The van der Waals surface area contributed by atoms with Crippen molar-refractivity contribution in [1.82, 2.24) is 0 Å². The first kappa shape index (κ1) is 9.68. The van der Waals surface area contributed by atoms with Crippen molar-refractivity contribution in [2.75, 3.05) is 12.5 Å². The second kappa shape index (κ2) is 4.49. The van der Waals surface area contributed by atoms with Crippen molar-refractivity contribution in [1.29, 1.82) is 0 Å². The molecule has 0 saturated heterocycles. The Labute approximate surface area is 64.0 Å². The van der Waals surface area contributed by atoms with Gasteiger partial charge in [0, 0.05) is 19.8 Å². The lowest BCUT2D eigenvalue weighted by molar-refractivity contribution is 0.381. The molecule has 0 heterocycles. The molecule has 0 amide bonds. The summed E-state index contributed by atoms with van der Waals surface area (Å²) in [6.07, 6.45) is 0. The summed E-state index contributed by atoms with van der Waals surface area (Å²) in [5.41, 5.74) is 0. The lowest BCUT2D eigenvalue weighted by Crippen LogP contribution is -2.06. The number of rotatable bonds is 3. The molecular formula is C6H14ClOP. The topological polar surface area (TPSA) is 9.23 Å². The van der Waals surface area contributed by atoms with Gasteiger partial charge in [0.15, 0.2) is 0 Å². The smallest absolute Gasteiger partial charge is 0.0641 e. The lowest BCUT2D eigenvalue weighted by Gasteiger charge is -2.16. The molecule has 1 nitrogen and oxygen atoms in total. The van der Waals surface area contributed by atoms with Gasteiger partial charge < -0.3 is 4.52 Å². The first-order valence-corrected chi connectivity index (χ1v) is 4.45. The number of alkyl halides is 1. The van der Waals surface area contributed by atoms with Crippen LogP contribution >= 0.6 is 20.4 Å². The number of hydrogen-bond acceptors (Lipinski definition) is 1. The largest absolute Gasteiger partial charge is 0.361 e. The molecule has 0 aliphatic carbocycles. The van der Waals surface area contributed by atoms with E-state index in [4.69, 9.17) is 16.1 Å². The molecule has 0 N–H and O–H groups in total. The molecule has 1 unspecified atom stereocenters. The van der Waals surface area contributed by atoms with Gasteiger partial charge in [-0.15, -0.1) is 11.6 Å². The van der Waals surface area contributed by atoms with Gasteiger partial charge in [0.2, 0.25) is 0 Å². The molecule has 1 atom stereocenters. The zero-order valence-electron chi connectivity index (χ0n) is 6.20. The van der Waals surface area contributed by atoms with Gasteiger partial charge in [-0.1, -0.05) is 20.8 Å². The minimum atomic E-state index is 0.298. The molecule has 0 spiro atoms. The summed E-state index contributed by atoms with van der Waals surface area (Å²) >= 11 is 5.41. The molecule has 0 bridgehead atoms. The van der Waals surface area contributed by atoms with Crippen LogP contribution in [0.5, 0.6) is 0 Å². The molecule has 0 fully saturated rings. The van der Waals surface area contributed by atoms with Gasteiger partial charge in [0.1, 0.15) is 0 Å². The third kappa shape index (κ3) is 8.68. The van der Waals surface area contributed by atoms with Crippen LogP contribution in [0.25, 0.3) is 0 Å². The highest BCUT2D eigenvalue weighted by molar-refractivity contribution is 7.34. The van der Waals surface area contributed by atoms with Crippen molar-refractivity contribution in [2.24, 2.45) is 0 Å². The molecule has 0 aliphatic rings. The maximum absolute atomic E-state index is 5.41. The van der Waals surface area contributed by atoms with E-state index in [-0.39, 0.29) is 0 Å². The summed E-state index contributed by atoms with van der Waals surface area (Å²) in [6, 6.07) is 0. The van der Waals surface area contributed by atoms with Gasteiger partial charge in [-0.2, -0.15) is 0 Å². The van der Waals surface area contributed by atoms with E-state index >= 15 is 0 Å². The highest BCUT2D eigenvalue weighted by Crippen LogP contribution is 2.30. The van der Waals surface area contributed by atoms with E-state index in [1.807, 2.05) is 0 Å². The van der Waals surface area contributed by atoms with Gasteiger partial charge >= 0.3 is 0 Å². The van der Waals surface area contributed by atoms with Crippen LogP contribution in [-0.2, 0) is 4.52 Å². The Morgan fingerprint density at radius 1 is 1.44 bits per heavy atom. The summed E-state index contributed by atoms with van der Waals surface area (Å²) in [5, 5.41) is 0.298.